The standard InChI is InChI=1S/C15H20N4OS/c1-15(2,14-17-7-8-21-14)18-12-6-5-10(9-11(12)16)13(20)19(3)4/h5-9,18H,16H2,1-4H3. The molecule has 0 bridgehead atoms. The number of thiazole rings is 1. The fraction of sp³-hybridized carbons (Fsp3) is 0.333. The Morgan fingerprint density at radius 3 is 2.62 bits per heavy atom. The number of hydrogen-bond donors (Lipinski definition) is 2. The number of carbonyl (C=O) groups excluding carboxylic acids is 1. The van der Waals surface area contributed by atoms with Gasteiger partial charge in [0.25, 0.3) is 5.91 Å². The number of rotatable bonds is 4. The Balaban J connectivity index is 2.24. The third-order valence-electron chi connectivity index (χ3n) is 3.12. The first-order valence-corrected chi connectivity index (χ1v) is 7.48. The van der Waals surface area contributed by atoms with Crippen LogP contribution in [0, 0.1) is 0 Å². The highest BCUT2D eigenvalue weighted by molar-refractivity contribution is 7.09. The van der Waals surface area contributed by atoms with Crippen LogP contribution in [0.4, 0.5) is 11.4 Å². The van der Waals surface area contributed by atoms with Crippen LogP contribution < -0.4 is 11.1 Å². The van der Waals surface area contributed by atoms with E-state index in [9.17, 15) is 4.79 Å². The lowest BCUT2D eigenvalue weighted by atomic mass is 10.0. The normalized spacial score (nSPS) is 11.2. The number of hydrogen-bond acceptors (Lipinski definition) is 5. The van der Waals surface area contributed by atoms with Crippen LogP contribution in [0.3, 0.4) is 0 Å². The molecule has 6 heteroatoms. The van der Waals surface area contributed by atoms with Crippen LogP contribution >= 0.6 is 11.3 Å². The minimum Gasteiger partial charge on any atom is -0.397 e. The van der Waals surface area contributed by atoms with Crippen molar-refractivity contribution in [3.63, 3.8) is 0 Å². The van der Waals surface area contributed by atoms with E-state index in [2.05, 4.69) is 10.3 Å². The molecule has 1 aromatic carbocycles. The second-order valence-electron chi connectivity index (χ2n) is 5.59. The van der Waals surface area contributed by atoms with Gasteiger partial charge in [-0.1, -0.05) is 0 Å². The van der Waals surface area contributed by atoms with Gasteiger partial charge in [0.2, 0.25) is 0 Å². The molecule has 0 radical (unpaired) electrons. The second kappa shape index (κ2) is 5.73. The number of nitrogens with two attached hydrogens (primary N) is 1. The van der Waals surface area contributed by atoms with Gasteiger partial charge in [0.15, 0.2) is 0 Å². The average Bonchev–Trinajstić information content (AvgIpc) is 2.94. The quantitative estimate of drug-likeness (QED) is 0.852. The third kappa shape index (κ3) is 3.33. The Morgan fingerprint density at radius 1 is 1.38 bits per heavy atom. The summed E-state index contributed by atoms with van der Waals surface area (Å²) in [6.45, 7) is 4.09. The molecule has 0 saturated heterocycles. The molecule has 112 valence electrons. The van der Waals surface area contributed by atoms with Crippen molar-refractivity contribution in [1.82, 2.24) is 9.88 Å². The lowest BCUT2D eigenvalue weighted by Gasteiger charge is -2.26. The molecular weight excluding hydrogens is 284 g/mol. The monoisotopic (exact) mass is 304 g/mol. The van der Waals surface area contributed by atoms with Gasteiger partial charge in [0.1, 0.15) is 5.01 Å². The highest BCUT2D eigenvalue weighted by Gasteiger charge is 2.24. The first-order chi connectivity index (χ1) is 9.81. The number of nitrogens with zero attached hydrogens (tertiary/aromatic N) is 2. The van der Waals surface area contributed by atoms with E-state index in [1.807, 2.05) is 25.3 Å². The van der Waals surface area contributed by atoms with E-state index < -0.39 is 0 Å². The molecule has 1 amide bonds. The summed E-state index contributed by atoms with van der Waals surface area (Å²) in [7, 11) is 3.44. The van der Waals surface area contributed by atoms with Gasteiger partial charge in [-0.05, 0) is 32.0 Å². The van der Waals surface area contributed by atoms with Crippen LogP contribution in [0.2, 0.25) is 0 Å². The van der Waals surface area contributed by atoms with Gasteiger partial charge >= 0.3 is 0 Å². The van der Waals surface area contributed by atoms with Crippen LogP contribution in [0.1, 0.15) is 29.2 Å². The summed E-state index contributed by atoms with van der Waals surface area (Å²) in [5, 5.41) is 6.31. The smallest absolute Gasteiger partial charge is 0.253 e. The topological polar surface area (TPSA) is 71.2 Å². The summed E-state index contributed by atoms with van der Waals surface area (Å²) in [6, 6.07) is 5.31. The predicted octanol–water partition coefficient (Wildman–Crippen LogP) is 2.77. The molecule has 1 heterocycles. The Bertz CT molecular complexity index is 635. The fourth-order valence-electron chi connectivity index (χ4n) is 1.99. The van der Waals surface area contributed by atoms with Crippen molar-refractivity contribution in [2.45, 2.75) is 19.4 Å². The van der Waals surface area contributed by atoms with Crippen LogP contribution in [-0.4, -0.2) is 29.9 Å². The van der Waals surface area contributed by atoms with E-state index >= 15 is 0 Å². The van der Waals surface area contributed by atoms with Gasteiger partial charge in [-0.25, -0.2) is 4.98 Å². The van der Waals surface area contributed by atoms with Gasteiger partial charge < -0.3 is 16.0 Å². The van der Waals surface area contributed by atoms with Crippen molar-refractivity contribution >= 4 is 28.6 Å². The molecule has 2 rings (SSSR count). The molecule has 0 aliphatic heterocycles. The molecule has 0 aliphatic carbocycles. The number of nitrogens with one attached hydrogen (secondary N) is 1. The van der Waals surface area contributed by atoms with Crippen molar-refractivity contribution in [2.24, 2.45) is 0 Å². The highest BCUT2D eigenvalue weighted by Crippen LogP contribution is 2.30. The molecule has 5 nitrogen and oxygen atoms in total. The zero-order valence-electron chi connectivity index (χ0n) is 12.7. The van der Waals surface area contributed by atoms with Crippen LogP contribution in [0.5, 0.6) is 0 Å². The van der Waals surface area contributed by atoms with Gasteiger partial charge in [-0.3, -0.25) is 4.79 Å². The lowest BCUT2D eigenvalue weighted by Crippen LogP contribution is -2.28. The van der Waals surface area contributed by atoms with E-state index in [1.165, 1.54) is 4.90 Å². The van der Waals surface area contributed by atoms with Crippen molar-refractivity contribution < 1.29 is 4.79 Å². The molecule has 0 atom stereocenters. The van der Waals surface area contributed by atoms with Crippen molar-refractivity contribution in [3.05, 3.63) is 40.3 Å². The maximum absolute atomic E-state index is 11.9. The predicted molar refractivity (Wildman–Crippen MR) is 87.6 cm³/mol. The maximum atomic E-state index is 11.9. The van der Waals surface area contributed by atoms with E-state index in [4.69, 9.17) is 5.73 Å². The van der Waals surface area contributed by atoms with Crippen LogP contribution in [0.25, 0.3) is 0 Å². The Kier molecular flexibility index (Phi) is 4.18. The second-order valence-corrected chi connectivity index (χ2v) is 6.48. The van der Waals surface area contributed by atoms with Crippen molar-refractivity contribution in [2.75, 3.05) is 25.1 Å². The molecule has 1 aromatic heterocycles. The molecule has 21 heavy (non-hydrogen) atoms. The Hall–Kier alpha value is -2.08. The Morgan fingerprint density at radius 2 is 2.10 bits per heavy atom. The van der Waals surface area contributed by atoms with E-state index in [1.54, 1.807) is 43.8 Å². The summed E-state index contributed by atoms with van der Waals surface area (Å²) in [5.74, 6) is -0.0626. The first-order valence-electron chi connectivity index (χ1n) is 6.60. The summed E-state index contributed by atoms with van der Waals surface area (Å²) in [6.07, 6.45) is 1.78. The number of anilines is 2. The largest absolute Gasteiger partial charge is 0.397 e. The summed E-state index contributed by atoms with van der Waals surface area (Å²) in [4.78, 5) is 17.8. The maximum Gasteiger partial charge on any atom is 0.253 e. The average molecular weight is 304 g/mol. The third-order valence-corrected chi connectivity index (χ3v) is 4.22. The molecule has 0 unspecified atom stereocenters. The first kappa shape index (κ1) is 15.3. The zero-order valence-corrected chi connectivity index (χ0v) is 13.5. The fourth-order valence-corrected chi connectivity index (χ4v) is 2.71. The molecular formula is C15H20N4OS. The minimum atomic E-state index is -0.324. The van der Waals surface area contributed by atoms with Crippen LogP contribution in [0.15, 0.2) is 29.8 Å². The number of benzene rings is 1. The van der Waals surface area contributed by atoms with Crippen molar-refractivity contribution in [1.29, 1.82) is 0 Å². The molecule has 3 N–H and O–H groups in total. The molecule has 0 saturated carbocycles. The van der Waals surface area contributed by atoms with Gasteiger partial charge in [-0.2, -0.15) is 0 Å². The van der Waals surface area contributed by atoms with Crippen LogP contribution in [-0.2, 0) is 5.54 Å². The lowest BCUT2D eigenvalue weighted by molar-refractivity contribution is 0.0827. The SMILES string of the molecule is CN(C)C(=O)c1ccc(NC(C)(C)c2nccs2)c(N)c1. The number of amides is 1. The molecule has 2 aromatic rings. The highest BCUT2D eigenvalue weighted by atomic mass is 32.1. The van der Waals surface area contributed by atoms with E-state index in [-0.39, 0.29) is 11.4 Å². The van der Waals surface area contributed by atoms with E-state index in [0.717, 1.165) is 10.7 Å². The molecule has 0 spiro atoms. The number of aromatic nitrogens is 1. The summed E-state index contributed by atoms with van der Waals surface area (Å²) >= 11 is 1.59. The van der Waals surface area contributed by atoms with E-state index in [0.29, 0.717) is 11.3 Å². The van der Waals surface area contributed by atoms with Gasteiger partial charge in [0, 0.05) is 31.2 Å². The van der Waals surface area contributed by atoms with Gasteiger partial charge in [-0.15, -0.1) is 11.3 Å². The molecule has 0 aliphatic rings. The zero-order chi connectivity index (χ0) is 15.6. The van der Waals surface area contributed by atoms with Gasteiger partial charge in [0.05, 0.1) is 16.9 Å². The summed E-state index contributed by atoms with van der Waals surface area (Å²) < 4.78 is 0. The number of carbonyl (C=O) groups is 1. The van der Waals surface area contributed by atoms with Crippen molar-refractivity contribution in [3.8, 4) is 0 Å². The minimum absolute atomic E-state index is 0.0626. The summed E-state index contributed by atoms with van der Waals surface area (Å²) in [5.41, 5.74) is 7.67. The Labute approximate surface area is 128 Å². The molecule has 0 fully saturated rings. The number of nitrogen functional groups attached to an aromatic ring is 1.